The average molecular weight is 602 g/mol. The summed E-state index contributed by atoms with van der Waals surface area (Å²) in [5.74, 6) is -1.74. The fourth-order valence-electron chi connectivity index (χ4n) is 7.87. The van der Waals surface area contributed by atoms with E-state index >= 15 is 4.79 Å². The van der Waals surface area contributed by atoms with Crippen molar-refractivity contribution in [2.75, 3.05) is 31.6 Å². The first-order valence-corrected chi connectivity index (χ1v) is 15.9. The number of anilines is 1. The Morgan fingerprint density at radius 3 is 2.30 bits per heavy atom. The predicted octanol–water partition coefficient (Wildman–Crippen LogP) is 4.55. The van der Waals surface area contributed by atoms with Crippen molar-refractivity contribution < 1.29 is 19.5 Å². The summed E-state index contributed by atoms with van der Waals surface area (Å²) < 4.78 is -1.27. The average Bonchev–Trinajstić information content (AvgIpc) is 3.56. The summed E-state index contributed by atoms with van der Waals surface area (Å²) in [6.45, 7) is 14.2. The number of nitrogens with zero attached hydrogens (tertiary/aromatic N) is 3. The molecule has 5 rings (SSSR count). The van der Waals surface area contributed by atoms with Gasteiger partial charge < -0.3 is 19.8 Å². The van der Waals surface area contributed by atoms with Gasteiger partial charge in [-0.2, -0.15) is 0 Å². The van der Waals surface area contributed by atoms with Crippen molar-refractivity contribution in [1.29, 1.82) is 0 Å². The fraction of sp³-hybridized carbons (Fsp3) is 0.457. The molecule has 1 N–H and O–H groups in total. The molecule has 3 heterocycles. The van der Waals surface area contributed by atoms with E-state index in [4.69, 9.17) is 0 Å². The topological polar surface area (TPSA) is 81.2 Å². The molecule has 3 fully saturated rings. The maximum absolute atomic E-state index is 15.1. The Labute approximate surface area is 259 Å². The van der Waals surface area contributed by atoms with Gasteiger partial charge in [-0.15, -0.1) is 24.9 Å². The van der Waals surface area contributed by atoms with Crippen LogP contribution < -0.4 is 4.90 Å². The van der Waals surface area contributed by atoms with Gasteiger partial charge in [-0.1, -0.05) is 60.7 Å². The first-order chi connectivity index (χ1) is 20.5. The molecular formula is C35H43N3O4S. The van der Waals surface area contributed by atoms with Crippen LogP contribution in [0.25, 0.3) is 0 Å². The Hall–Kier alpha value is -3.36. The number of amides is 3. The number of carbonyl (C=O) groups is 3. The van der Waals surface area contributed by atoms with Gasteiger partial charge in [0, 0.05) is 30.6 Å². The molecule has 8 heteroatoms. The summed E-state index contributed by atoms with van der Waals surface area (Å²) in [6, 6.07) is 14.2. The molecule has 6 atom stereocenters. The van der Waals surface area contributed by atoms with E-state index in [2.05, 4.69) is 20.1 Å². The SMILES string of the molecule is C=CCN(C)C(=O)[C@H]1[C@H]2C(=O)N([C@@H](CO)Cc3ccccc3)C(C(=O)N(CC=C)c3c(C)cccc3C)C23CC[C@]1(C)S3. The number of fused-ring (bicyclic) bond motifs is 1. The van der Waals surface area contributed by atoms with Crippen molar-refractivity contribution in [1.82, 2.24) is 9.80 Å². The fourth-order valence-corrected chi connectivity index (χ4v) is 10.2. The minimum atomic E-state index is -0.848. The van der Waals surface area contributed by atoms with Gasteiger partial charge in [-0.3, -0.25) is 14.4 Å². The van der Waals surface area contributed by atoms with Crippen molar-refractivity contribution in [3.05, 3.63) is 90.5 Å². The number of hydrogen-bond donors (Lipinski definition) is 1. The summed E-state index contributed by atoms with van der Waals surface area (Å²) in [5, 5.41) is 10.8. The standard InChI is InChI=1S/C35H43N3O4S/c1-7-19-36(6)31(40)27-28-32(41)38(26(22-39)21-25-15-10-9-11-16-25)30(35(28)18-17-34(27,5)43-35)33(42)37(20-8-2)29-23(3)13-12-14-24(29)4/h7-16,26-28,30,39H,1-2,17-22H2,3-6H3/t26-,27-,28+,30?,34+,35?/m1/s1. The lowest BCUT2D eigenvalue weighted by molar-refractivity contribution is -0.145. The molecule has 2 aromatic rings. The zero-order chi connectivity index (χ0) is 31.1. The molecule has 2 bridgehead atoms. The van der Waals surface area contributed by atoms with Crippen molar-refractivity contribution in [3.63, 3.8) is 0 Å². The van der Waals surface area contributed by atoms with E-state index in [9.17, 15) is 14.7 Å². The van der Waals surface area contributed by atoms with Crippen LogP contribution in [-0.4, -0.2) is 80.9 Å². The molecule has 7 nitrogen and oxygen atoms in total. The van der Waals surface area contributed by atoms with Gasteiger partial charge in [-0.05, 0) is 56.7 Å². The van der Waals surface area contributed by atoms with Crippen molar-refractivity contribution in [3.8, 4) is 0 Å². The number of para-hydroxylation sites is 1. The minimum Gasteiger partial charge on any atom is -0.394 e. The molecule has 3 amide bonds. The van der Waals surface area contributed by atoms with Crippen LogP contribution >= 0.6 is 11.8 Å². The Morgan fingerprint density at radius 2 is 1.70 bits per heavy atom. The van der Waals surface area contributed by atoms with Crippen molar-refractivity contribution in [2.45, 2.75) is 61.6 Å². The first-order valence-electron chi connectivity index (χ1n) is 15.1. The molecular weight excluding hydrogens is 558 g/mol. The predicted molar refractivity (Wildman–Crippen MR) is 173 cm³/mol. The third-order valence-corrected chi connectivity index (χ3v) is 11.7. The van der Waals surface area contributed by atoms with Gasteiger partial charge >= 0.3 is 0 Å². The Kier molecular flexibility index (Phi) is 8.65. The van der Waals surface area contributed by atoms with Gasteiger partial charge in [0.15, 0.2) is 0 Å². The number of aliphatic hydroxyl groups excluding tert-OH is 1. The number of rotatable bonds is 11. The molecule has 3 aliphatic heterocycles. The second-order valence-electron chi connectivity index (χ2n) is 12.5. The Bertz CT molecular complexity index is 1410. The van der Waals surface area contributed by atoms with Gasteiger partial charge in [-0.25, -0.2) is 0 Å². The van der Waals surface area contributed by atoms with Gasteiger partial charge in [0.1, 0.15) is 6.04 Å². The van der Waals surface area contributed by atoms with E-state index < -0.39 is 33.4 Å². The second kappa shape index (κ2) is 12.0. The molecule has 0 radical (unpaired) electrons. The van der Waals surface area contributed by atoms with Gasteiger partial charge in [0.2, 0.25) is 11.8 Å². The van der Waals surface area contributed by atoms with Gasteiger partial charge in [0.25, 0.3) is 5.91 Å². The zero-order valence-corrected chi connectivity index (χ0v) is 26.5. The normalized spacial score (nSPS) is 28.0. The highest BCUT2D eigenvalue weighted by Crippen LogP contribution is 2.72. The van der Waals surface area contributed by atoms with Crippen LogP contribution in [0.15, 0.2) is 73.8 Å². The summed E-state index contributed by atoms with van der Waals surface area (Å²) in [7, 11) is 1.75. The smallest absolute Gasteiger partial charge is 0.251 e. The van der Waals surface area contributed by atoms with E-state index in [1.807, 2.05) is 62.4 Å². The van der Waals surface area contributed by atoms with E-state index in [1.165, 1.54) is 0 Å². The maximum Gasteiger partial charge on any atom is 0.251 e. The van der Waals surface area contributed by atoms with Crippen LogP contribution in [0.2, 0.25) is 0 Å². The number of likely N-dealkylation sites (N-methyl/N-ethyl adjacent to an activating group) is 1. The van der Waals surface area contributed by atoms with Crippen LogP contribution in [0.5, 0.6) is 0 Å². The van der Waals surface area contributed by atoms with E-state index in [0.717, 1.165) is 28.8 Å². The maximum atomic E-state index is 15.1. The molecule has 0 aromatic heterocycles. The number of carbonyl (C=O) groups excluding carboxylic acids is 3. The number of thioether (sulfide) groups is 1. The molecule has 3 saturated heterocycles. The van der Waals surface area contributed by atoms with Gasteiger partial charge in [0.05, 0.1) is 29.2 Å². The lowest BCUT2D eigenvalue weighted by Crippen LogP contribution is -2.58. The largest absolute Gasteiger partial charge is 0.394 e. The quantitative estimate of drug-likeness (QED) is 0.383. The third-order valence-electron chi connectivity index (χ3n) is 9.70. The summed E-state index contributed by atoms with van der Waals surface area (Å²) in [4.78, 5) is 48.9. The molecule has 3 aliphatic rings. The number of aryl methyl sites for hydroxylation is 2. The molecule has 0 aliphatic carbocycles. The van der Waals surface area contributed by atoms with Crippen molar-refractivity contribution in [2.24, 2.45) is 11.8 Å². The van der Waals surface area contributed by atoms with Crippen LogP contribution in [0.4, 0.5) is 5.69 Å². The Morgan fingerprint density at radius 1 is 1.05 bits per heavy atom. The first kappa shape index (κ1) is 31.1. The molecule has 2 unspecified atom stereocenters. The van der Waals surface area contributed by atoms with Crippen LogP contribution in [-0.2, 0) is 20.8 Å². The summed E-state index contributed by atoms with van der Waals surface area (Å²) in [5.41, 5.74) is 3.69. The summed E-state index contributed by atoms with van der Waals surface area (Å²) >= 11 is 1.65. The highest BCUT2D eigenvalue weighted by Gasteiger charge is 2.78. The second-order valence-corrected chi connectivity index (χ2v) is 14.4. The van der Waals surface area contributed by atoms with Crippen LogP contribution in [0.3, 0.4) is 0 Å². The van der Waals surface area contributed by atoms with Crippen LogP contribution in [0, 0.1) is 25.7 Å². The lowest BCUT2D eigenvalue weighted by atomic mass is 9.66. The third kappa shape index (κ3) is 5.02. The molecule has 2 aromatic carbocycles. The van der Waals surface area contributed by atoms with E-state index in [-0.39, 0.29) is 30.9 Å². The number of benzene rings is 2. The highest BCUT2D eigenvalue weighted by atomic mass is 32.2. The summed E-state index contributed by atoms with van der Waals surface area (Å²) in [6.07, 6.45) is 5.17. The number of likely N-dealkylation sites (tertiary alicyclic amines) is 1. The monoisotopic (exact) mass is 601 g/mol. The van der Waals surface area contributed by atoms with Crippen LogP contribution in [0.1, 0.15) is 36.5 Å². The zero-order valence-electron chi connectivity index (χ0n) is 25.7. The van der Waals surface area contributed by atoms with E-state index in [0.29, 0.717) is 19.4 Å². The number of hydrogen-bond acceptors (Lipinski definition) is 5. The minimum absolute atomic E-state index is 0.0934. The highest BCUT2D eigenvalue weighted by molar-refractivity contribution is 8.02. The van der Waals surface area contributed by atoms with E-state index in [1.54, 1.807) is 45.7 Å². The lowest BCUT2D eigenvalue weighted by Gasteiger charge is -2.40. The van der Waals surface area contributed by atoms with Crippen molar-refractivity contribution >= 4 is 35.2 Å². The Balaban J connectivity index is 1.66. The number of aliphatic hydroxyl groups is 1. The molecule has 43 heavy (non-hydrogen) atoms. The molecule has 228 valence electrons. The molecule has 1 spiro atoms. The molecule has 0 saturated carbocycles.